The van der Waals surface area contributed by atoms with Crippen molar-refractivity contribution in [2.75, 3.05) is 0 Å². The van der Waals surface area contributed by atoms with Crippen LogP contribution < -0.4 is 5.43 Å². The van der Waals surface area contributed by atoms with Gasteiger partial charge in [0.1, 0.15) is 17.3 Å². The number of amides is 1. The van der Waals surface area contributed by atoms with Crippen LogP contribution in [0.3, 0.4) is 0 Å². The van der Waals surface area contributed by atoms with Gasteiger partial charge >= 0.3 is 0 Å². The summed E-state index contributed by atoms with van der Waals surface area (Å²) in [4.78, 5) is 12.0. The first kappa shape index (κ1) is 17.1. The fourth-order valence-corrected chi connectivity index (χ4v) is 2.39. The number of carbonyl (C=O) groups excluding carboxylic acids is 1. The van der Waals surface area contributed by atoms with Crippen LogP contribution >= 0.6 is 23.2 Å². The molecule has 2 N–H and O–H groups in total. The van der Waals surface area contributed by atoms with Gasteiger partial charge in [-0.3, -0.25) is 4.79 Å². The van der Waals surface area contributed by atoms with Crippen LogP contribution in [-0.4, -0.2) is 17.2 Å². The minimum Gasteiger partial charge on any atom is -0.507 e. The van der Waals surface area contributed by atoms with E-state index in [2.05, 4.69) is 10.5 Å². The van der Waals surface area contributed by atoms with Crippen molar-refractivity contribution in [3.05, 3.63) is 76.0 Å². The number of carbonyl (C=O) groups is 1. The molecule has 0 bridgehead atoms. The monoisotopic (exact) mass is 374 g/mol. The molecule has 0 aliphatic rings. The Bertz CT molecular complexity index is 934. The van der Waals surface area contributed by atoms with Gasteiger partial charge in [-0.1, -0.05) is 23.2 Å². The number of halogens is 2. The number of aromatic hydroxyl groups is 1. The molecule has 126 valence electrons. The second kappa shape index (κ2) is 7.42. The summed E-state index contributed by atoms with van der Waals surface area (Å²) < 4.78 is 5.63. The Morgan fingerprint density at radius 2 is 1.76 bits per heavy atom. The molecule has 0 atom stereocenters. The summed E-state index contributed by atoms with van der Waals surface area (Å²) in [6.45, 7) is 0. The summed E-state index contributed by atoms with van der Waals surface area (Å²) in [5.41, 5.74) is 3.21. The van der Waals surface area contributed by atoms with Crippen molar-refractivity contribution in [1.29, 1.82) is 0 Å². The molecule has 0 saturated carbocycles. The van der Waals surface area contributed by atoms with E-state index in [1.54, 1.807) is 24.3 Å². The maximum atomic E-state index is 12.0. The van der Waals surface area contributed by atoms with E-state index in [-0.39, 0.29) is 11.3 Å². The van der Waals surface area contributed by atoms with Crippen molar-refractivity contribution < 1.29 is 14.3 Å². The molecule has 0 unspecified atom stereocenters. The van der Waals surface area contributed by atoms with Gasteiger partial charge in [-0.15, -0.1) is 0 Å². The van der Waals surface area contributed by atoms with E-state index in [9.17, 15) is 9.90 Å². The predicted molar refractivity (Wildman–Crippen MR) is 97.3 cm³/mol. The molecule has 1 amide bonds. The van der Waals surface area contributed by atoms with E-state index in [1.165, 1.54) is 24.4 Å². The van der Waals surface area contributed by atoms with Crippen molar-refractivity contribution in [2.24, 2.45) is 5.10 Å². The molecule has 2 aromatic carbocycles. The highest BCUT2D eigenvalue weighted by molar-refractivity contribution is 6.31. The van der Waals surface area contributed by atoms with Gasteiger partial charge in [0.2, 0.25) is 0 Å². The second-order valence-electron chi connectivity index (χ2n) is 5.07. The first-order valence-corrected chi connectivity index (χ1v) is 7.96. The summed E-state index contributed by atoms with van der Waals surface area (Å²) >= 11 is 11.7. The third-order valence-electron chi connectivity index (χ3n) is 3.32. The smallest absolute Gasteiger partial charge is 0.275 e. The van der Waals surface area contributed by atoms with Crippen LogP contribution in [0.15, 0.2) is 64.1 Å². The quantitative estimate of drug-likeness (QED) is 0.512. The molecule has 0 aliphatic carbocycles. The first-order chi connectivity index (χ1) is 12.0. The van der Waals surface area contributed by atoms with E-state index in [0.29, 0.717) is 21.6 Å². The van der Waals surface area contributed by atoms with E-state index in [1.807, 2.05) is 12.1 Å². The van der Waals surface area contributed by atoms with Crippen molar-refractivity contribution >= 4 is 35.3 Å². The number of phenolic OH excluding ortho intramolecular Hbond substituents is 1. The number of hydrogen-bond donors (Lipinski definition) is 2. The Labute approximate surface area is 153 Å². The first-order valence-electron chi connectivity index (χ1n) is 7.20. The van der Waals surface area contributed by atoms with Gasteiger partial charge in [0.15, 0.2) is 0 Å². The fraction of sp³-hybridized carbons (Fsp3) is 0. The van der Waals surface area contributed by atoms with E-state index >= 15 is 0 Å². The largest absolute Gasteiger partial charge is 0.507 e. The maximum Gasteiger partial charge on any atom is 0.275 e. The summed E-state index contributed by atoms with van der Waals surface area (Å²) in [7, 11) is 0. The van der Waals surface area contributed by atoms with Gasteiger partial charge in [0.05, 0.1) is 11.8 Å². The average molecular weight is 375 g/mol. The average Bonchev–Trinajstić information content (AvgIpc) is 3.06. The van der Waals surface area contributed by atoms with Gasteiger partial charge in [-0.05, 0) is 54.6 Å². The number of furan rings is 1. The highest BCUT2D eigenvalue weighted by Gasteiger charge is 2.11. The highest BCUT2D eigenvalue weighted by Crippen LogP contribution is 2.23. The van der Waals surface area contributed by atoms with Gasteiger partial charge in [-0.2, -0.15) is 5.10 Å². The lowest BCUT2D eigenvalue weighted by Crippen LogP contribution is -2.17. The number of nitrogens with one attached hydrogen (secondary N) is 1. The molecule has 0 spiro atoms. The molecular formula is C18H12Cl2N2O3. The maximum absolute atomic E-state index is 12.0. The third kappa shape index (κ3) is 4.21. The number of benzene rings is 2. The van der Waals surface area contributed by atoms with Crippen LogP contribution in [0, 0.1) is 0 Å². The zero-order chi connectivity index (χ0) is 17.8. The minimum atomic E-state index is -0.583. The second-order valence-corrected chi connectivity index (χ2v) is 5.94. The summed E-state index contributed by atoms with van der Waals surface area (Å²) in [5.74, 6) is 0.346. The molecule has 0 fully saturated rings. The van der Waals surface area contributed by atoms with Gasteiger partial charge in [-0.25, -0.2) is 5.43 Å². The van der Waals surface area contributed by atoms with Gasteiger partial charge in [0.25, 0.3) is 5.91 Å². The molecule has 0 saturated heterocycles. The number of nitrogens with zero attached hydrogens (tertiary/aromatic N) is 1. The Morgan fingerprint density at radius 3 is 2.52 bits per heavy atom. The van der Waals surface area contributed by atoms with Crippen molar-refractivity contribution in [2.45, 2.75) is 0 Å². The lowest BCUT2D eigenvalue weighted by atomic mass is 10.2. The number of rotatable bonds is 4. The Hall–Kier alpha value is -2.76. The predicted octanol–water partition coefficient (Wildman–Crippen LogP) is 4.72. The van der Waals surface area contributed by atoms with Crippen LogP contribution in [0.5, 0.6) is 5.75 Å². The summed E-state index contributed by atoms with van der Waals surface area (Å²) in [6.07, 6.45) is 1.36. The SMILES string of the molecule is O=C(N/N=C\c1ccc(-c2ccc(Cl)cc2)o1)c1cc(Cl)ccc1O. The number of hydrogen-bond acceptors (Lipinski definition) is 4. The van der Waals surface area contributed by atoms with Crippen LogP contribution in [0.4, 0.5) is 0 Å². The van der Waals surface area contributed by atoms with Crippen LogP contribution in [0.25, 0.3) is 11.3 Å². The molecule has 7 heteroatoms. The van der Waals surface area contributed by atoms with Crippen molar-refractivity contribution in [1.82, 2.24) is 5.43 Å². The van der Waals surface area contributed by atoms with Crippen LogP contribution in [0.1, 0.15) is 16.1 Å². The molecule has 25 heavy (non-hydrogen) atoms. The summed E-state index contributed by atoms with van der Waals surface area (Å²) in [5, 5.41) is 14.5. The normalized spacial score (nSPS) is 11.0. The topological polar surface area (TPSA) is 74.8 Å². The van der Waals surface area contributed by atoms with Gasteiger partial charge in [0, 0.05) is 15.6 Å². The molecular weight excluding hydrogens is 363 g/mol. The lowest BCUT2D eigenvalue weighted by molar-refractivity contribution is 0.0952. The Balaban J connectivity index is 1.67. The summed E-state index contributed by atoms with van der Waals surface area (Å²) in [6, 6.07) is 14.9. The standard InChI is InChI=1S/C18H12Cl2N2O3/c19-12-3-1-11(2-4-12)17-8-6-14(25-17)10-21-22-18(24)15-9-13(20)5-7-16(15)23/h1-10,23H,(H,22,24)/b21-10-. The lowest BCUT2D eigenvalue weighted by Gasteiger charge is -2.02. The molecule has 0 aliphatic heterocycles. The number of phenols is 1. The van der Waals surface area contributed by atoms with Crippen molar-refractivity contribution in [3.8, 4) is 17.1 Å². The minimum absolute atomic E-state index is 0.0333. The molecule has 5 nitrogen and oxygen atoms in total. The molecule has 3 rings (SSSR count). The van der Waals surface area contributed by atoms with Crippen LogP contribution in [0.2, 0.25) is 10.0 Å². The highest BCUT2D eigenvalue weighted by atomic mass is 35.5. The van der Waals surface area contributed by atoms with Crippen molar-refractivity contribution in [3.63, 3.8) is 0 Å². The van der Waals surface area contributed by atoms with Crippen LogP contribution in [-0.2, 0) is 0 Å². The Kier molecular flexibility index (Phi) is 5.07. The molecule has 3 aromatic rings. The molecule has 1 heterocycles. The fourth-order valence-electron chi connectivity index (χ4n) is 2.10. The zero-order valence-corrected chi connectivity index (χ0v) is 14.3. The molecule has 1 aromatic heterocycles. The number of hydrazone groups is 1. The van der Waals surface area contributed by atoms with E-state index < -0.39 is 5.91 Å². The molecule has 0 radical (unpaired) electrons. The van der Waals surface area contributed by atoms with Gasteiger partial charge < -0.3 is 9.52 Å². The Morgan fingerprint density at radius 1 is 1.04 bits per heavy atom. The third-order valence-corrected chi connectivity index (χ3v) is 3.80. The van der Waals surface area contributed by atoms with E-state index in [4.69, 9.17) is 27.6 Å². The van der Waals surface area contributed by atoms with E-state index in [0.717, 1.165) is 5.56 Å². The zero-order valence-electron chi connectivity index (χ0n) is 12.7.